The minimum absolute atomic E-state index is 0.102. The molecule has 1 aromatic heterocycles. The minimum Gasteiger partial charge on any atom is -0.366 e. The third-order valence-corrected chi connectivity index (χ3v) is 6.90. The van der Waals surface area contributed by atoms with E-state index >= 15 is 0 Å². The molecule has 1 fully saturated rings. The summed E-state index contributed by atoms with van der Waals surface area (Å²) < 4.78 is 14.0. The highest BCUT2D eigenvalue weighted by Crippen LogP contribution is 2.39. The molecular weight excluding hydrogens is 371 g/mol. The molecule has 3 nitrogen and oxygen atoms in total. The summed E-state index contributed by atoms with van der Waals surface area (Å²) in [5.41, 5.74) is 4.56. The van der Waals surface area contributed by atoms with Gasteiger partial charge in [0.2, 0.25) is 0 Å². The van der Waals surface area contributed by atoms with E-state index in [9.17, 15) is 9.18 Å². The van der Waals surface area contributed by atoms with Crippen LogP contribution in [0.4, 0.5) is 10.1 Å². The van der Waals surface area contributed by atoms with Crippen LogP contribution >= 0.6 is 11.3 Å². The Morgan fingerprint density at radius 3 is 2.43 bits per heavy atom. The van der Waals surface area contributed by atoms with Gasteiger partial charge in [-0.25, -0.2) is 4.39 Å². The normalized spacial score (nSPS) is 15.9. The number of carbonyl (C=O) groups excluding carboxylic acids is 1. The maximum absolute atomic E-state index is 14.0. The number of benzene rings is 2. The van der Waals surface area contributed by atoms with Gasteiger partial charge in [-0.3, -0.25) is 4.79 Å². The molecule has 3 aromatic rings. The Kier molecular flexibility index (Phi) is 4.40. The first-order valence-electron chi connectivity index (χ1n) is 9.70. The van der Waals surface area contributed by atoms with Crippen molar-refractivity contribution in [2.24, 2.45) is 0 Å². The fourth-order valence-corrected chi connectivity index (χ4v) is 5.43. The molecule has 142 valence electrons. The Labute approximate surface area is 168 Å². The number of piperazine rings is 1. The number of amides is 1. The summed E-state index contributed by atoms with van der Waals surface area (Å²) in [6.45, 7) is 2.54. The average molecular weight is 392 g/mol. The number of carbonyl (C=O) groups is 1. The summed E-state index contributed by atoms with van der Waals surface area (Å²) in [4.78, 5) is 19.1. The van der Waals surface area contributed by atoms with Crippen molar-refractivity contribution < 1.29 is 9.18 Å². The van der Waals surface area contributed by atoms with E-state index < -0.39 is 0 Å². The molecule has 0 N–H and O–H groups in total. The van der Waals surface area contributed by atoms with Crippen molar-refractivity contribution in [1.82, 2.24) is 4.90 Å². The zero-order chi connectivity index (χ0) is 19.1. The van der Waals surface area contributed by atoms with Gasteiger partial charge in [-0.2, -0.15) is 0 Å². The van der Waals surface area contributed by atoms with Gasteiger partial charge < -0.3 is 9.80 Å². The van der Waals surface area contributed by atoms with Crippen molar-refractivity contribution in [3.05, 3.63) is 76.4 Å². The lowest BCUT2D eigenvalue weighted by molar-refractivity contribution is 0.0751. The zero-order valence-corrected chi connectivity index (χ0v) is 16.3. The molecule has 0 spiro atoms. The fraction of sp³-hybridized carbons (Fsp3) is 0.261. The quantitative estimate of drug-likeness (QED) is 0.636. The van der Waals surface area contributed by atoms with Crippen molar-refractivity contribution in [1.29, 1.82) is 0 Å². The van der Waals surface area contributed by atoms with Gasteiger partial charge in [-0.1, -0.05) is 36.4 Å². The number of fused-ring (bicyclic) bond motifs is 3. The van der Waals surface area contributed by atoms with Crippen LogP contribution in [-0.2, 0) is 12.8 Å². The Balaban J connectivity index is 1.32. The third kappa shape index (κ3) is 3.00. The maximum atomic E-state index is 14.0. The first-order chi connectivity index (χ1) is 13.7. The molecule has 0 bridgehead atoms. The lowest BCUT2D eigenvalue weighted by Gasteiger charge is -2.36. The van der Waals surface area contributed by atoms with Crippen LogP contribution in [0.2, 0.25) is 0 Å². The van der Waals surface area contributed by atoms with Crippen molar-refractivity contribution in [3.8, 4) is 10.4 Å². The van der Waals surface area contributed by atoms with Gasteiger partial charge >= 0.3 is 0 Å². The van der Waals surface area contributed by atoms with Crippen LogP contribution < -0.4 is 4.90 Å². The molecule has 2 aromatic carbocycles. The van der Waals surface area contributed by atoms with Crippen LogP contribution in [0.15, 0.2) is 54.6 Å². The Bertz CT molecular complexity index is 1040. The van der Waals surface area contributed by atoms with Crippen molar-refractivity contribution in [2.75, 3.05) is 31.1 Å². The molecule has 2 heterocycles. The number of rotatable bonds is 2. The number of aryl methyl sites for hydroxylation is 2. The summed E-state index contributed by atoms with van der Waals surface area (Å²) in [6.07, 6.45) is 2.03. The van der Waals surface area contributed by atoms with Gasteiger partial charge in [0.25, 0.3) is 5.91 Å². The van der Waals surface area contributed by atoms with Crippen molar-refractivity contribution in [3.63, 3.8) is 0 Å². The van der Waals surface area contributed by atoms with E-state index in [2.05, 4.69) is 30.3 Å². The van der Waals surface area contributed by atoms with Crippen LogP contribution in [0, 0.1) is 5.82 Å². The summed E-state index contributed by atoms with van der Waals surface area (Å²) in [7, 11) is 0. The molecule has 1 aliphatic carbocycles. The summed E-state index contributed by atoms with van der Waals surface area (Å²) in [5.74, 6) is -0.100. The molecule has 0 unspecified atom stereocenters. The second kappa shape index (κ2) is 7.06. The van der Waals surface area contributed by atoms with Gasteiger partial charge in [0.1, 0.15) is 5.82 Å². The lowest BCUT2D eigenvalue weighted by Crippen LogP contribution is -2.48. The molecule has 0 radical (unpaired) electrons. The van der Waals surface area contributed by atoms with Gasteiger partial charge in [0.05, 0.1) is 10.6 Å². The molecular formula is C23H21FN2OS. The van der Waals surface area contributed by atoms with Crippen LogP contribution in [-0.4, -0.2) is 37.0 Å². The number of nitrogens with zero attached hydrogens (tertiary/aromatic N) is 2. The molecule has 2 aliphatic rings. The molecule has 0 atom stereocenters. The van der Waals surface area contributed by atoms with Gasteiger partial charge in [-0.05, 0) is 47.7 Å². The third-order valence-electron chi connectivity index (χ3n) is 5.71. The van der Waals surface area contributed by atoms with Crippen molar-refractivity contribution in [2.45, 2.75) is 12.8 Å². The summed E-state index contributed by atoms with van der Waals surface area (Å²) in [6, 6.07) is 17.4. The highest BCUT2D eigenvalue weighted by atomic mass is 32.1. The van der Waals surface area contributed by atoms with Gasteiger partial charge in [0, 0.05) is 31.1 Å². The Morgan fingerprint density at radius 2 is 1.61 bits per heavy atom. The number of hydrogen-bond acceptors (Lipinski definition) is 3. The van der Waals surface area contributed by atoms with Crippen LogP contribution in [0.1, 0.15) is 20.8 Å². The number of thiophene rings is 1. The monoisotopic (exact) mass is 392 g/mol. The highest BCUT2D eigenvalue weighted by molar-refractivity contribution is 7.17. The maximum Gasteiger partial charge on any atom is 0.264 e. The number of halogens is 1. The summed E-state index contributed by atoms with van der Waals surface area (Å²) in [5, 5.41) is 0. The van der Waals surface area contributed by atoms with E-state index in [1.165, 1.54) is 27.6 Å². The molecule has 1 amide bonds. The predicted octanol–water partition coefficient (Wildman–Crippen LogP) is 4.62. The van der Waals surface area contributed by atoms with E-state index in [1.54, 1.807) is 23.5 Å². The molecule has 1 aliphatic heterocycles. The lowest BCUT2D eigenvalue weighted by atomic mass is 9.91. The SMILES string of the molecule is O=C(c1cc2c(s1)-c1ccccc1CC2)N1CCN(c2ccccc2F)CC1. The zero-order valence-electron chi connectivity index (χ0n) is 15.5. The van der Waals surface area contributed by atoms with E-state index in [0.717, 1.165) is 17.7 Å². The Morgan fingerprint density at radius 1 is 0.893 bits per heavy atom. The van der Waals surface area contributed by atoms with E-state index in [4.69, 9.17) is 0 Å². The topological polar surface area (TPSA) is 23.6 Å². The molecule has 1 saturated heterocycles. The molecule has 0 saturated carbocycles. The fourth-order valence-electron chi connectivity index (χ4n) is 4.19. The van der Waals surface area contributed by atoms with Crippen LogP contribution in [0.5, 0.6) is 0 Å². The van der Waals surface area contributed by atoms with E-state index in [0.29, 0.717) is 31.9 Å². The first-order valence-corrected chi connectivity index (χ1v) is 10.5. The van der Waals surface area contributed by atoms with Gasteiger partial charge in [-0.15, -0.1) is 11.3 Å². The Hall–Kier alpha value is -2.66. The van der Waals surface area contributed by atoms with E-state index in [1.807, 2.05) is 15.9 Å². The predicted molar refractivity (Wildman–Crippen MR) is 112 cm³/mol. The second-order valence-electron chi connectivity index (χ2n) is 7.35. The minimum atomic E-state index is -0.202. The first kappa shape index (κ1) is 17.4. The van der Waals surface area contributed by atoms with Crippen LogP contribution in [0.25, 0.3) is 10.4 Å². The number of hydrogen-bond donors (Lipinski definition) is 0. The van der Waals surface area contributed by atoms with Gasteiger partial charge in [0.15, 0.2) is 0 Å². The number of anilines is 1. The number of para-hydroxylation sites is 1. The summed E-state index contributed by atoms with van der Waals surface area (Å²) >= 11 is 1.61. The molecule has 28 heavy (non-hydrogen) atoms. The second-order valence-corrected chi connectivity index (χ2v) is 8.41. The molecule has 5 heteroatoms. The largest absolute Gasteiger partial charge is 0.366 e. The van der Waals surface area contributed by atoms with Crippen molar-refractivity contribution >= 4 is 22.9 Å². The average Bonchev–Trinajstić information content (AvgIpc) is 3.19. The molecule has 5 rings (SSSR count). The standard InChI is InChI=1S/C23H21FN2OS/c24-19-7-3-4-8-20(19)25-11-13-26(14-12-25)23(27)21-15-17-10-9-16-5-1-2-6-18(16)22(17)28-21/h1-8,15H,9-14H2. The smallest absolute Gasteiger partial charge is 0.264 e. The van der Waals surface area contributed by atoms with Crippen LogP contribution in [0.3, 0.4) is 0 Å². The highest BCUT2D eigenvalue weighted by Gasteiger charge is 2.27. The van der Waals surface area contributed by atoms with E-state index in [-0.39, 0.29) is 11.7 Å².